The van der Waals surface area contributed by atoms with Gasteiger partial charge in [0.25, 0.3) is 0 Å². The standard InChI is InChI=1S/C19H29N3O3/c1-13-9-17(14(2)22(13)10-16-5-4-8-25-16)18(23)11-21(3)12-19(24)20-15-6-7-15/h9,15-16H,4-8,10-12H2,1-3H3,(H,20,24)/t16-/m0/s1. The SMILES string of the molecule is Cc1cc(C(=O)CN(C)CC(=O)NC2CC2)c(C)n1C[C@@H]1CCCO1. The summed E-state index contributed by atoms with van der Waals surface area (Å²) in [6.07, 6.45) is 4.60. The van der Waals surface area contributed by atoms with Gasteiger partial charge in [0.2, 0.25) is 5.91 Å². The number of ketones is 1. The molecule has 0 bridgehead atoms. The molecule has 1 N–H and O–H groups in total. The molecule has 1 atom stereocenters. The first-order valence-electron chi connectivity index (χ1n) is 9.23. The Morgan fingerprint density at radius 3 is 2.68 bits per heavy atom. The van der Waals surface area contributed by atoms with Gasteiger partial charge in [-0.05, 0) is 52.6 Å². The summed E-state index contributed by atoms with van der Waals surface area (Å²) in [5.41, 5.74) is 2.84. The predicted molar refractivity (Wildman–Crippen MR) is 95.9 cm³/mol. The quantitative estimate of drug-likeness (QED) is 0.727. The van der Waals surface area contributed by atoms with Crippen LogP contribution >= 0.6 is 0 Å². The zero-order chi connectivity index (χ0) is 18.0. The van der Waals surface area contributed by atoms with Gasteiger partial charge in [-0.25, -0.2) is 0 Å². The number of amides is 1. The van der Waals surface area contributed by atoms with Crippen LogP contribution in [0.4, 0.5) is 0 Å². The summed E-state index contributed by atoms with van der Waals surface area (Å²) in [7, 11) is 1.82. The van der Waals surface area contributed by atoms with Crippen LogP contribution in [0.5, 0.6) is 0 Å². The molecule has 1 aromatic rings. The van der Waals surface area contributed by atoms with Crippen LogP contribution in [0, 0.1) is 13.8 Å². The van der Waals surface area contributed by atoms with Crippen molar-refractivity contribution < 1.29 is 14.3 Å². The van der Waals surface area contributed by atoms with Crippen LogP contribution in [0.3, 0.4) is 0 Å². The lowest BCUT2D eigenvalue weighted by molar-refractivity contribution is -0.121. The van der Waals surface area contributed by atoms with Gasteiger partial charge in [0, 0.05) is 36.1 Å². The number of aromatic nitrogens is 1. The Bertz CT molecular complexity index is 643. The molecule has 6 nitrogen and oxygen atoms in total. The Labute approximate surface area is 149 Å². The molecule has 1 amide bonds. The predicted octanol–water partition coefficient (Wildman–Crippen LogP) is 1.68. The number of ether oxygens (including phenoxy) is 1. The van der Waals surface area contributed by atoms with Gasteiger partial charge in [0.05, 0.1) is 19.2 Å². The summed E-state index contributed by atoms with van der Waals surface area (Å²) in [5, 5.41) is 2.95. The normalized spacial score (nSPS) is 20.2. The van der Waals surface area contributed by atoms with E-state index in [2.05, 4.69) is 9.88 Å². The Morgan fingerprint density at radius 2 is 2.04 bits per heavy atom. The number of carbonyl (C=O) groups is 2. The van der Waals surface area contributed by atoms with E-state index < -0.39 is 0 Å². The molecule has 1 aromatic heterocycles. The molecule has 0 aromatic carbocycles. The lowest BCUT2D eigenvalue weighted by atomic mass is 10.1. The molecule has 1 saturated carbocycles. The molecule has 6 heteroatoms. The topological polar surface area (TPSA) is 63.6 Å². The van der Waals surface area contributed by atoms with E-state index in [0.717, 1.165) is 55.8 Å². The molecule has 25 heavy (non-hydrogen) atoms. The maximum Gasteiger partial charge on any atom is 0.234 e. The van der Waals surface area contributed by atoms with Crippen LogP contribution < -0.4 is 5.32 Å². The second-order valence-corrected chi connectivity index (χ2v) is 7.47. The van der Waals surface area contributed by atoms with E-state index >= 15 is 0 Å². The molecule has 0 unspecified atom stereocenters. The fourth-order valence-electron chi connectivity index (χ4n) is 3.49. The minimum absolute atomic E-state index is 0.00153. The average Bonchev–Trinajstić information content (AvgIpc) is 3.11. The molecule has 3 rings (SSSR count). The van der Waals surface area contributed by atoms with Crippen molar-refractivity contribution >= 4 is 11.7 Å². The highest BCUT2D eigenvalue weighted by Crippen LogP contribution is 2.21. The molecule has 2 fully saturated rings. The number of nitrogens with one attached hydrogen (secondary N) is 1. The van der Waals surface area contributed by atoms with Crippen molar-refractivity contribution in [3.8, 4) is 0 Å². The zero-order valence-electron chi connectivity index (χ0n) is 15.5. The minimum atomic E-state index is 0.00153. The number of hydrogen-bond donors (Lipinski definition) is 1. The highest BCUT2D eigenvalue weighted by Gasteiger charge is 2.25. The highest BCUT2D eigenvalue weighted by molar-refractivity contribution is 5.99. The molecule has 1 aliphatic heterocycles. The van der Waals surface area contributed by atoms with Crippen molar-refractivity contribution in [3.05, 3.63) is 23.0 Å². The van der Waals surface area contributed by atoms with E-state index in [1.54, 1.807) is 4.90 Å². The summed E-state index contributed by atoms with van der Waals surface area (Å²) in [4.78, 5) is 26.3. The monoisotopic (exact) mass is 347 g/mol. The second kappa shape index (κ2) is 7.70. The smallest absolute Gasteiger partial charge is 0.234 e. The lowest BCUT2D eigenvalue weighted by Gasteiger charge is -2.16. The number of rotatable bonds is 8. The van der Waals surface area contributed by atoms with Crippen LogP contribution in [-0.2, 0) is 16.1 Å². The molecule has 138 valence electrons. The number of Topliss-reactive ketones (excluding diaryl/α,β-unsaturated/α-hetero) is 1. The van der Waals surface area contributed by atoms with Gasteiger partial charge in [-0.3, -0.25) is 14.5 Å². The van der Waals surface area contributed by atoms with Crippen molar-refractivity contribution in [2.24, 2.45) is 0 Å². The van der Waals surface area contributed by atoms with Crippen molar-refractivity contribution in [1.29, 1.82) is 0 Å². The van der Waals surface area contributed by atoms with E-state index in [-0.39, 0.29) is 30.9 Å². The van der Waals surface area contributed by atoms with E-state index in [9.17, 15) is 9.59 Å². The van der Waals surface area contributed by atoms with Crippen LogP contribution in [0.2, 0.25) is 0 Å². The summed E-state index contributed by atoms with van der Waals surface area (Å²) >= 11 is 0. The van der Waals surface area contributed by atoms with Crippen LogP contribution in [0.1, 0.15) is 47.4 Å². The van der Waals surface area contributed by atoms with Gasteiger partial charge >= 0.3 is 0 Å². The average molecular weight is 347 g/mol. The van der Waals surface area contributed by atoms with Gasteiger partial charge in [-0.1, -0.05) is 0 Å². The Morgan fingerprint density at radius 1 is 1.28 bits per heavy atom. The third kappa shape index (κ3) is 4.70. The van der Waals surface area contributed by atoms with Gasteiger partial charge in [0.15, 0.2) is 5.78 Å². The van der Waals surface area contributed by atoms with E-state index in [4.69, 9.17) is 4.74 Å². The van der Waals surface area contributed by atoms with Crippen molar-refractivity contribution in [2.75, 3.05) is 26.7 Å². The zero-order valence-corrected chi connectivity index (χ0v) is 15.5. The number of carbonyl (C=O) groups excluding carboxylic acids is 2. The number of likely N-dealkylation sites (N-methyl/N-ethyl adjacent to an activating group) is 1. The Balaban J connectivity index is 1.58. The van der Waals surface area contributed by atoms with Crippen LogP contribution in [-0.4, -0.2) is 60.0 Å². The third-order valence-electron chi connectivity index (χ3n) is 5.05. The van der Waals surface area contributed by atoms with E-state index in [1.165, 1.54) is 0 Å². The van der Waals surface area contributed by atoms with Crippen LogP contribution in [0.15, 0.2) is 6.07 Å². The molecule has 0 spiro atoms. The largest absolute Gasteiger partial charge is 0.376 e. The molecule has 2 heterocycles. The maximum atomic E-state index is 12.7. The Kier molecular flexibility index (Phi) is 5.59. The molecule has 1 aliphatic carbocycles. The van der Waals surface area contributed by atoms with Crippen molar-refractivity contribution in [1.82, 2.24) is 14.8 Å². The lowest BCUT2D eigenvalue weighted by Crippen LogP contribution is -2.38. The Hall–Kier alpha value is -1.66. The summed E-state index contributed by atoms with van der Waals surface area (Å²) < 4.78 is 7.91. The fourth-order valence-corrected chi connectivity index (χ4v) is 3.49. The van der Waals surface area contributed by atoms with E-state index in [0.29, 0.717) is 6.04 Å². The van der Waals surface area contributed by atoms with Gasteiger partial charge < -0.3 is 14.6 Å². The molecule has 2 aliphatic rings. The fraction of sp³-hybridized carbons (Fsp3) is 0.684. The number of aryl methyl sites for hydroxylation is 1. The minimum Gasteiger partial charge on any atom is -0.376 e. The van der Waals surface area contributed by atoms with E-state index in [1.807, 2.05) is 27.0 Å². The highest BCUT2D eigenvalue weighted by atomic mass is 16.5. The molecular weight excluding hydrogens is 318 g/mol. The summed E-state index contributed by atoms with van der Waals surface area (Å²) in [6.45, 7) is 6.19. The number of nitrogens with zero attached hydrogens (tertiary/aromatic N) is 2. The molecular formula is C19H29N3O3. The summed E-state index contributed by atoms with van der Waals surface area (Å²) in [6, 6.07) is 2.32. The third-order valence-corrected chi connectivity index (χ3v) is 5.05. The first-order chi connectivity index (χ1) is 11.9. The van der Waals surface area contributed by atoms with Crippen molar-refractivity contribution in [2.45, 2.75) is 58.2 Å². The van der Waals surface area contributed by atoms with Gasteiger partial charge in [0.1, 0.15) is 0 Å². The second-order valence-electron chi connectivity index (χ2n) is 7.47. The summed E-state index contributed by atoms with van der Waals surface area (Å²) in [5.74, 6) is 0.0649. The molecule has 0 radical (unpaired) electrons. The van der Waals surface area contributed by atoms with Crippen LogP contribution in [0.25, 0.3) is 0 Å². The van der Waals surface area contributed by atoms with Gasteiger partial charge in [-0.2, -0.15) is 0 Å². The van der Waals surface area contributed by atoms with Gasteiger partial charge in [-0.15, -0.1) is 0 Å². The number of hydrogen-bond acceptors (Lipinski definition) is 4. The van der Waals surface area contributed by atoms with Crippen molar-refractivity contribution in [3.63, 3.8) is 0 Å². The first kappa shape index (κ1) is 18.1. The molecule has 1 saturated heterocycles. The first-order valence-corrected chi connectivity index (χ1v) is 9.23. The maximum absolute atomic E-state index is 12.7.